The van der Waals surface area contributed by atoms with E-state index in [1.165, 1.54) is 5.69 Å². The number of aryl methyl sites for hydroxylation is 2. The highest BCUT2D eigenvalue weighted by molar-refractivity contribution is 5.08. The maximum atomic E-state index is 5.51. The molecule has 1 aliphatic heterocycles. The van der Waals surface area contributed by atoms with Gasteiger partial charge < -0.3 is 13.8 Å². The lowest BCUT2D eigenvalue weighted by Crippen LogP contribution is -2.25. The summed E-state index contributed by atoms with van der Waals surface area (Å²) in [7, 11) is 3.82. The molecule has 0 unspecified atom stereocenters. The Morgan fingerprint density at radius 3 is 2.95 bits per heavy atom. The molecule has 6 nitrogen and oxygen atoms in total. The van der Waals surface area contributed by atoms with Crippen LogP contribution in [0, 0.1) is 6.92 Å². The zero-order valence-corrected chi connectivity index (χ0v) is 12.1. The van der Waals surface area contributed by atoms with E-state index >= 15 is 0 Å². The van der Waals surface area contributed by atoms with Crippen LogP contribution in [-0.4, -0.2) is 39.4 Å². The molecular weight excluding hydrogens is 256 g/mol. The van der Waals surface area contributed by atoms with Gasteiger partial charge in [0.05, 0.1) is 12.1 Å². The van der Waals surface area contributed by atoms with Gasteiger partial charge in [0.15, 0.2) is 5.82 Å². The minimum Gasteiger partial charge on any atom is -0.380 e. The van der Waals surface area contributed by atoms with E-state index in [1.54, 1.807) is 7.11 Å². The first-order valence-corrected chi connectivity index (χ1v) is 6.84. The van der Waals surface area contributed by atoms with E-state index in [2.05, 4.69) is 45.0 Å². The largest absolute Gasteiger partial charge is 0.380 e. The SMILES string of the molecule is CO[C@@H]1C[C@H](c2nc(C)no2)N(Cc2cccn2C)C1. The molecule has 20 heavy (non-hydrogen) atoms. The first kappa shape index (κ1) is 13.3. The van der Waals surface area contributed by atoms with Crippen LogP contribution >= 0.6 is 0 Å². The Morgan fingerprint density at radius 2 is 2.35 bits per heavy atom. The van der Waals surface area contributed by atoms with Gasteiger partial charge in [-0.2, -0.15) is 4.98 Å². The molecule has 3 heterocycles. The molecule has 3 rings (SSSR count). The molecule has 0 spiro atoms. The second kappa shape index (κ2) is 5.38. The topological polar surface area (TPSA) is 56.3 Å². The molecule has 0 saturated carbocycles. The Balaban J connectivity index is 1.81. The minimum absolute atomic E-state index is 0.135. The summed E-state index contributed by atoms with van der Waals surface area (Å²) in [5, 5.41) is 3.90. The molecule has 0 radical (unpaired) electrons. The van der Waals surface area contributed by atoms with Crippen molar-refractivity contribution in [2.24, 2.45) is 7.05 Å². The molecule has 2 aromatic rings. The molecule has 2 aromatic heterocycles. The van der Waals surface area contributed by atoms with E-state index in [-0.39, 0.29) is 12.1 Å². The number of hydrogen-bond acceptors (Lipinski definition) is 5. The number of ether oxygens (including phenoxy) is 1. The van der Waals surface area contributed by atoms with Crippen LogP contribution in [0.15, 0.2) is 22.9 Å². The Kier molecular flexibility index (Phi) is 3.58. The number of hydrogen-bond donors (Lipinski definition) is 0. The Labute approximate surface area is 118 Å². The summed E-state index contributed by atoms with van der Waals surface area (Å²) in [6.07, 6.45) is 3.17. The van der Waals surface area contributed by atoms with Gasteiger partial charge in [0, 0.05) is 39.1 Å². The predicted molar refractivity (Wildman–Crippen MR) is 73.0 cm³/mol. The third-order valence-corrected chi connectivity index (χ3v) is 3.94. The predicted octanol–water partition coefficient (Wildman–Crippen LogP) is 1.68. The molecule has 0 aliphatic carbocycles. The van der Waals surface area contributed by atoms with E-state index in [1.807, 2.05) is 6.92 Å². The van der Waals surface area contributed by atoms with Crippen molar-refractivity contribution in [1.29, 1.82) is 0 Å². The fourth-order valence-electron chi connectivity index (χ4n) is 2.78. The van der Waals surface area contributed by atoms with Gasteiger partial charge in [-0.15, -0.1) is 0 Å². The van der Waals surface area contributed by atoms with E-state index in [4.69, 9.17) is 9.26 Å². The van der Waals surface area contributed by atoms with Crippen LogP contribution in [-0.2, 0) is 18.3 Å². The van der Waals surface area contributed by atoms with E-state index in [0.29, 0.717) is 11.7 Å². The van der Waals surface area contributed by atoms with Crippen molar-refractivity contribution in [1.82, 2.24) is 19.6 Å². The zero-order valence-electron chi connectivity index (χ0n) is 12.1. The maximum absolute atomic E-state index is 5.51. The monoisotopic (exact) mass is 276 g/mol. The van der Waals surface area contributed by atoms with Gasteiger partial charge in [0.1, 0.15) is 0 Å². The zero-order chi connectivity index (χ0) is 14.1. The minimum atomic E-state index is 0.135. The van der Waals surface area contributed by atoms with Crippen molar-refractivity contribution in [3.8, 4) is 0 Å². The number of rotatable bonds is 4. The lowest BCUT2D eigenvalue weighted by atomic mass is 10.2. The molecule has 108 valence electrons. The van der Waals surface area contributed by atoms with Crippen molar-refractivity contribution in [2.45, 2.75) is 32.0 Å². The van der Waals surface area contributed by atoms with Crippen LogP contribution in [0.3, 0.4) is 0 Å². The normalized spacial score (nSPS) is 23.6. The second-order valence-electron chi connectivity index (χ2n) is 5.33. The summed E-state index contributed by atoms with van der Waals surface area (Å²) in [6, 6.07) is 4.33. The summed E-state index contributed by atoms with van der Waals surface area (Å²) >= 11 is 0. The lowest BCUT2D eigenvalue weighted by molar-refractivity contribution is 0.107. The number of aromatic nitrogens is 3. The third-order valence-electron chi connectivity index (χ3n) is 3.94. The van der Waals surface area contributed by atoms with Gasteiger partial charge in [-0.05, 0) is 25.5 Å². The number of likely N-dealkylation sites (tertiary alicyclic amines) is 1. The van der Waals surface area contributed by atoms with E-state index in [0.717, 1.165) is 19.5 Å². The summed E-state index contributed by atoms with van der Waals surface area (Å²) in [4.78, 5) is 6.73. The first-order chi connectivity index (χ1) is 9.67. The van der Waals surface area contributed by atoms with Crippen LogP contribution in [0.25, 0.3) is 0 Å². The van der Waals surface area contributed by atoms with Crippen LogP contribution in [0.2, 0.25) is 0 Å². The summed E-state index contributed by atoms with van der Waals surface area (Å²) in [5.41, 5.74) is 1.27. The fraction of sp³-hybridized carbons (Fsp3) is 0.571. The molecule has 0 amide bonds. The highest BCUT2D eigenvalue weighted by Crippen LogP contribution is 2.33. The van der Waals surface area contributed by atoms with Crippen LogP contribution in [0.1, 0.15) is 29.9 Å². The standard InChI is InChI=1S/C14H20N4O2/c1-10-15-14(20-16-10)13-7-12(19-3)9-18(13)8-11-5-4-6-17(11)2/h4-6,12-13H,7-9H2,1-3H3/t12-,13-/m1/s1. The Hall–Kier alpha value is -1.66. The number of nitrogens with zero attached hydrogens (tertiary/aromatic N) is 4. The molecule has 0 bridgehead atoms. The Bertz CT molecular complexity index is 577. The second-order valence-corrected chi connectivity index (χ2v) is 5.33. The van der Waals surface area contributed by atoms with Crippen molar-refractivity contribution in [3.63, 3.8) is 0 Å². The molecule has 6 heteroatoms. The van der Waals surface area contributed by atoms with Crippen molar-refractivity contribution < 1.29 is 9.26 Å². The summed E-state index contributed by atoms with van der Waals surface area (Å²) < 4.78 is 13.0. The molecule has 2 atom stereocenters. The molecule has 0 N–H and O–H groups in total. The first-order valence-electron chi connectivity index (χ1n) is 6.84. The van der Waals surface area contributed by atoms with Crippen molar-refractivity contribution >= 4 is 0 Å². The molecule has 1 aliphatic rings. The van der Waals surface area contributed by atoms with E-state index < -0.39 is 0 Å². The lowest BCUT2D eigenvalue weighted by Gasteiger charge is -2.21. The van der Waals surface area contributed by atoms with Gasteiger partial charge in [-0.1, -0.05) is 5.16 Å². The fourth-order valence-corrected chi connectivity index (χ4v) is 2.78. The quantitative estimate of drug-likeness (QED) is 0.850. The smallest absolute Gasteiger partial charge is 0.244 e. The highest BCUT2D eigenvalue weighted by Gasteiger charge is 2.36. The van der Waals surface area contributed by atoms with Gasteiger partial charge in [-0.25, -0.2) is 0 Å². The molecule has 1 fully saturated rings. The molecular formula is C14H20N4O2. The van der Waals surface area contributed by atoms with Crippen LogP contribution in [0.5, 0.6) is 0 Å². The highest BCUT2D eigenvalue weighted by atomic mass is 16.5. The van der Waals surface area contributed by atoms with E-state index in [9.17, 15) is 0 Å². The van der Waals surface area contributed by atoms with Crippen molar-refractivity contribution in [3.05, 3.63) is 35.7 Å². The van der Waals surface area contributed by atoms with Crippen LogP contribution in [0.4, 0.5) is 0 Å². The van der Waals surface area contributed by atoms with Crippen LogP contribution < -0.4 is 0 Å². The summed E-state index contributed by atoms with van der Waals surface area (Å²) in [6.45, 7) is 3.58. The molecule has 0 aromatic carbocycles. The average Bonchev–Trinajstić information content (AvgIpc) is 3.12. The van der Waals surface area contributed by atoms with Crippen molar-refractivity contribution in [2.75, 3.05) is 13.7 Å². The van der Waals surface area contributed by atoms with Gasteiger partial charge in [0.25, 0.3) is 0 Å². The average molecular weight is 276 g/mol. The van der Waals surface area contributed by atoms with Gasteiger partial charge in [-0.3, -0.25) is 4.90 Å². The third kappa shape index (κ3) is 2.48. The Morgan fingerprint density at radius 1 is 1.50 bits per heavy atom. The number of methoxy groups -OCH3 is 1. The van der Waals surface area contributed by atoms with Gasteiger partial charge >= 0.3 is 0 Å². The summed E-state index contributed by atoms with van der Waals surface area (Å²) in [5.74, 6) is 1.37. The maximum Gasteiger partial charge on any atom is 0.244 e. The molecule has 1 saturated heterocycles. The van der Waals surface area contributed by atoms with Gasteiger partial charge in [0.2, 0.25) is 5.89 Å².